The Balaban J connectivity index is 2.68. The van der Waals surface area contributed by atoms with Crippen LogP contribution in [-0.4, -0.2) is 4.98 Å². The van der Waals surface area contributed by atoms with E-state index in [9.17, 15) is 0 Å². The Kier molecular flexibility index (Phi) is 4.54. The maximum atomic E-state index is 8.85. The van der Waals surface area contributed by atoms with Crippen molar-refractivity contribution in [3.05, 3.63) is 50.2 Å². The zero-order valence-electron chi connectivity index (χ0n) is 9.42. The molecule has 6 heteroatoms. The number of rotatable bonds is 2. The summed E-state index contributed by atoms with van der Waals surface area (Å²) in [5, 5.41) is 10.1. The van der Waals surface area contributed by atoms with Gasteiger partial charge in [0.05, 0.1) is 27.6 Å². The topological polar surface area (TPSA) is 36.7 Å². The van der Waals surface area contributed by atoms with Crippen LogP contribution >= 0.6 is 46.4 Å². The number of hydrogen-bond acceptors (Lipinski definition) is 2. The fraction of sp³-hybridized carbons (Fsp3) is 0.0769. The highest BCUT2D eigenvalue weighted by molar-refractivity contribution is 6.48. The molecular weight excluding hydrogens is 326 g/mol. The summed E-state index contributed by atoms with van der Waals surface area (Å²) in [4.78, 5) is 4.02. The van der Waals surface area contributed by atoms with Gasteiger partial charge in [0.25, 0.3) is 0 Å². The summed E-state index contributed by atoms with van der Waals surface area (Å²) in [5.74, 6) is 0. The molecule has 0 aliphatic heterocycles. The van der Waals surface area contributed by atoms with Crippen LogP contribution in [-0.2, 0) is 6.42 Å². The zero-order chi connectivity index (χ0) is 14.0. The monoisotopic (exact) mass is 330 g/mol. The third kappa shape index (κ3) is 2.96. The normalized spacial score (nSPS) is 10.3. The van der Waals surface area contributed by atoms with Crippen molar-refractivity contribution < 1.29 is 0 Å². The number of hydrogen-bond donors (Lipinski definition) is 0. The molecule has 0 bridgehead atoms. The summed E-state index contributed by atoms with van der Waals surface area (Å²) >= 11 is 24.0. The van der Waals surface area contributed by atoms with E-state index in [0.29, 0.717) is 26.3 Å². The average Bonchev–Trinajstić information content (AvgIpc) is 2.36. The lowest BCUT2D eigenvalue weighted by Crippen LogP contribution is -1.92. The Labute approximate surface area is 130 Å². The minimum absolute atomic E-state index is 0.218. The van der Waals surface area contributed by atoms with Crippen molar-refractivity contribution in [1.29, 1.82) is 5.26 Å². The van der Waals surface area contributed by atoms with Crippen molar-refractivity contribution in [3.63, 3.8) is 0 Å². The van der Waals surface area contributed by atoms with Crippen LogP contribution in [0.2, 0.25) is 20.2 Å². The SMILES string of the molecule is N#CCc1ccnc(Cl)c1-c1cc(Cl)c(Cl)c(Cl)c1. The molecule has 0 aliphatic rings. The lowest BCUT2D eigenvalue weighted by atomic mass is 10.0. The minimum Gasteiger partial charge on any atom is -0.244 e. The second-order valence-corrected chi connectivity index (χ2v) is 5.28. The molecule has 0 radical (unpaired) electrons. The molecule has 0 spiro atoms. The molecule has 1 heterocycles. The molecule has 0 atom stereocenters. The second kappa shape index (κ2) is 5.98. The largest absolute Gasteiger partial charge is 0.244 e. The number of aromatic nitrogens is 1. The summed E-state index contributed by atoms with van der Waals surface area (Å²) < 4.78 is 0. The first-order valence-corrected chi connectivity index (χ1v) is 6.71. The van der Waals surface area contributed by atoms with Crippen LogP contribution in [0.3, 0.4) is 0 Å². The van der Waals surface area contributed by atoms with Crippen LogP contribution in [0.4, 0.5) is 0 Å². The first kappa shape index (κ1) is 14.4. The first-order valence-electron chi connectivity index (χ1n) is 5.20. The van der Waals surface area contributed by atoms with Gasteiger partial charge in [-0.05, 0) is 29.3 Å². The van der Waals surface area contributed by atoms with Crippen LogP contribution in [0.5, 0.6) is 0 Å². The van der Waals surface area contributed by atoms with E-state index in [1.807, 2.05) is 0 Å². The highest BCUT2D eigenvalue weighted by Gasteiger charge is 2.14. The van der Waals surface area contributed by atoms with E-state index >= 15 is 0 Å². The third-order valence-electron chi connectivity index (χ3n) is 2.53. The van der Waals surface area contributed by atoms with E-state index in [0.717, 1.165) is 5.56 Å². The van der Waals surface area contributed by atoms with Gasteiger partial charge in [0.15, 0.2) is 0 Å². The van der Waals surface area contributed by atoms with Crippen molar-refractivity contribution in [2.45, 2.75) is 6.42 Å². The average molecular weight is 332 g/mol. The predicted octanol–water partition coefficient (Wildman–Crippen LogP) is 5.43. The van der Waals surface area contributed by atoms with E-state index in [4.69, 9.17) is 51.7 Å². The molecule has 0 saturated carbocycles. The van der Waals surface area contributed by atoms with Crippen molar-refractivity contribution in [3.8, 4) is 17.2 Å². The molecule has 1 aromatic carbocycles. The standard InChI is InChI=1S/C13H6Cl4N2/c14-9-5-8(6-10(15)12(9)16)11-7(1-3-18)2-4-19-13(11)17/h2,4-6H,1H2. The Morgan fingerprint density at radius 2 is 1.74 bits per heavy atom. The molecule has 19 heavy (non-hydrogen) atoms. The van der Waals surface area contributed by atoms with E-state index in [2.05, 4.69) is 11.1 Å². The van der Waals surface area contributed by atoms with E-state index in [1.165, 1.54) is 0 Å². The molecule has 0 unspecified atom stereocenters. The Morgan fingerprint density at radius 1 is 1.11 bits per heavy atom. The second-order valence-electron chi connectivity index (χ2n) is 3.72. The minimum atomic E-state index is 0.218. The quantitative estimate of drug-likeness (QED) is 0.543. The summed E-state index contributed by atoms with van der Waals surface area (Å²) in [6, 6.07) is 7.13. The van der Waals surface area contributed by atoms with Gasteiger partial charge >= 0.3 is 0 Å². The lowest BCUT2D eigenvalue weighted by Gasteiger charge is -2.10. The van der Waals surface area contributed by atoms with Crippen molar-refractivity contribution in [1.82, 2.24) is 4.98 Å². The van der Waals surface area contributed by atoms with Crippen LogP contribution < -0.4 is 0 Å². The molecule has 96 valence electrons. The number of halogens is 4. The summed E-state index contributed by atoms with van der Waals surface area (Å²) in [6.45, 7) is 0. The Morgan fingerprint density at radius 3 is 2.32 bits per heavy atom. The van der Waals surface area contributed by atoms with Gasteiger partial charge in [-0.25, -0.2) is 4.98 Å². The van der Waals surface area contributed by atoms with Gasteiger partial charge in [-0.1, -0.05) is 46.4 Å². The summed E-state index contributed by atoms with van der Waals surface area (Å²) in [7, 11) is 0. The van der Waals surface area contributed by atoms with Crippen molar-refractivity contribution in [2.24, 2.45) is 0 Å². The van der Waals surface area contributed by atoms with Crippen LogP contribution in [0.25, 0.3) is 11.1 Å². The van der Waals surface area contributed by atoms with E-state index in [-0.39, 0.29) is 11.4 Å². The number of pyridine rings is 1. The lowest BCUT2D eigenvalue weighted by molar-refractivity contribution is 1.21. The van der Waals surface area contributed by atoms with Gasteiger partial charge in [-0.3, -0.25) is 0 Å². The highest BCUT2D eigenvalue weighted by atomic mass is 35.5. The van der Waals surface area contributed by atoms with E-state index < -0.39 is 0 Å². The van der Waals surface area contributed by atoms with Crippen molar-refractivity contribution >= 4 is 46.4 Å². The van der Waals surface area contributed by atoms with E-state index in [1.54, 1.807) is 24.4 Å². The van der Waals surface area contributed by atoms with Crippen LogP contribution in [0.15, 0.2) is 24.4 Å². The maximum absolute atomic E-state index is 8.85. The smallest absolute Gasteiger partial charge is 0.137 e. The zero-order valence-corrected chi connectivity index (χ0v) is 12.4. The summed E-state index contributed by atoms with van der Waals surface area (Å²) in [6.07, 6.45) is 1.77. The fourth-order valence-electron chi connectivity index (χ4n) is 1.71. The van der Waals surface area contributed by atoms with Crippen LogP contribution in [0, 0.1) is 11.3 Å². The first-order chi connectivity index (χ1) is 9.04. The van der Waals surface area contributed by atoms with Gasteiger partial charge in [-0.2, -0.15) is 5.26 Å². The molecule has 0 amide bonds. The molecule has 0 fully saturated rings. The molecule has 0 N–H and O–H groups in total. The van der Waals surface area contributed by atoms with Crippen LogP contribution in [0.1, 0.15) is 5.56 Å². The fourth-order valence-corrected chi connectivity index (χ4v) is 2.59. The molecule has 1 aromatic heterocycles. The molecule has 2 nitrogen and oxygen atoms in total. The Bertz CT molecular complexity index is 654. The highest BCUT2D eigenvalue weighted by Crippen LogP contribution is 2.38. The van der Waals surface area contributed by atoms with Crippen molar-refractivity contribution in [2.75, 3.05) is 0 Å². The molecular formula is C13H6Cl4N2. The van der Waals surface area contributed by atoms with Gasteiger partial charge in [0.2, 0.25) is 0 Å². The maximum Gasteiger partial charge on any atom is 0.137 e. The summed E-state index contributed by atoms with van der Waals surface area (Å²) in [5.41, 5.74) is 2.09. The molecule has 0 aliphatic carbocycles. The number of nitrogens with zero attached hydrogens (tertiary/aromatic N) is 2. The molecule has 0 saturated heterocycles. The predicted molar refractivity (Wildman–Crippen MR) is 79.0 cm³/mol. The van der Waals surface area contributed by atoms with Gasteiger partial charge in [0, 0.05) is 11.8 Å². The molecule has 2 rings (SSSR count). The van der Waals surface area contributed by atoms with Gasteiger partial charge in [-0.15, -0.1) is 0 Å². The molecule has 2 aromatic rings. The third-order valence-corrected chi connectivity index (χ3v) is 4.02. The number of benzene rings is 1. The van der Waals surface area contributed by atoms with Gasteiger partial charge in [0.1, 0.15) is 5.15 Å². The Hall–Kier alpha value is -0.980. The van der Waals surface area contributed by atoms with Gasteiger partial charge < -0.3 is 0 Å². The number of nitriles is 1.